The van der Waals surface area contributed by atoms with E-state index < -0.39 is 0 Å². The highest BCUT2D eigenvalue weighted by atomic mass is 16.5. The smallest absolute Gasteiger partial charge is 0.153 e. The van der Waals surface area contributed by atoms with Gasteiger partial charge in [0.15, 0.2) is 6.29 Å². The molecule has 0 bridgehead atoms. The van der Waals surface area contributed by atoms with Crippen molar-refractivity contribution < 1.29 is 19.0 Å². The van der Waals surface area contributed by atoms with Crippen molar-refractivity contribution in [1.82, 2.24) is 15.1 Å². The van der Waals surface area contributed by atoms with Crippen molar-refractivity contribution >= 4 is 30.6 Å². The van der Waals surface area contributed by atoms with Crippen LogP contribution in [0.1, 0.15) is 32.9 Å². The number of hydrogen-bond acceptors (Lipinski definition) is 6. The van der Waals surface area contributed by atoms with Crippen LogP contribution in [0.2, 0.25) is 0 Å². The van der Waals surface area contributed by atoms with Crippen molar-refractivity contribution in [1.29, 1.82) is 0 Å². The molecule has 34 heavy (non-hydrogen) atoms. The Morgan fingerprint density at radius 2 is 1.76 bits per heavy atom. The molecule has 7 nitrogen and oxygen atoms in total. The minimum atomic E-state index is 0.527. The number of rotatable bonds is 10. The molecule has 0 amide bonds. The minimum Gasteiger partial charge on any atom is -0.496 e. The maximum absolute atomic E-state index is 11.0. The van der Waals surface area contributed by atoms with Gasteiger partial charge in [-0.3, -0.25) is 14.8 Å². The van der Waals surface area contributed by atoms with E-state index in [-0.39, 0.29) is 0 Å². The van der Waals surface area contributed by atoms with E-state index in [9.17, 15) is 4.79 Å². The van der Waals surface area contributed by atoms with Crippen LogP contribution in [0.25, 0.3) is 24.3 Å². The van der Waals surface area contributed by atoms with Gasteiger partial charge in [-0.05, 0) is 53.6 Å². The van der Waals surface area contributed by atoms with Gasteiger partial charge in [-0.2, -0.15) is 5.10 Å². The molecule has 1 saturated heterocycles. The van der Waals surface area contributed by atoms with Crippen molar-refractivity contribution in [3.8, 4) is 11.5 Å². The van der Waals surface area contributed by atoms with Crippen molar-refractivity contribution in [3.05, 3.63) is 76.6 Å². The van der Waals surface area contributed by atoms with Gasteiger partial charge in [0.1, 0.15) is 18.1 Å². The fourth-order valence-corrected chi connectivity index (χ4v) is 3.61. The SMILES string of the molecule is COc1cc(/C=C/c2cc(/C=C/c3ccc(OCCN4CCOCC4)cc3)[nH]n2)ccc1C=O. The van der Waals surface area contributed by atoms with E-state index in [1.54, 1.807) is 13.2 Å². The lowest BCUT2D eigenvalue weighted by Gasteiger charge is -2.26. The maximum Gasteiger partial charge on any atom is 0.153 e. The van der Waals surface area contributed by atoms with Gasteiger partial charge in [-0.1, -0.05) is 30.4 Å². The van der Waals surface area contributed by atoms with Crippen LogP contribution >= 0.6 is 0 Å². The predicted molar refractivity (Wildman–Crippen MR) is 134 cm³/mol. The summed E-state index contributed by atoms with van der Waals surface area (Å²) in [7, 11) is 1.55. The molecule has 7 heteroatoms. The zero-order chi connectivity index (χ0) is 23.6. The lowest BCUT2D eigenvalue weighted by atomic mass is 10.1. The third kappa shape index (κ3) is 6.66. The Hall–Kier alpha value is -3.68. The molecule has 0 unspecified atom stereocenters. The Morgan fingerprint density at radius 3 is 2.53 bits per heavy atom. The Balaban J connectivity index is 1.28. The van der Waals surface area contributed by atoms with Crippen LogP contribution in [0.4, 0.5) is 0 Å². The molecule has 2 heterocycles. The minimum absolute atomic E-state index is 0.527. The van der Waals surface area contributed by atoms with E-state index in [0.29, 0.717) is 17.9 Å². The fraction of sp³-hybridized carbons (Fsp3) is 0.259. The molecule has 0 radical (unpaired) electrons. The molecule has 0 spiro atoms. The van der Waals surface area contributed by atoms with E-state index in [2.05, 4.69) is 15.1 Å². The number of methoxy groups -OCH3 is 1. The van der Waals surface area contributed by atoms with E-state index >= 15 is 0 Å². The van der Waals surface area contributed by atoms with Gasteiger partial charge in [-0.15, -0.1) is 0 Å². The topological polar surface area (TPSA) is 76.7 Å². The summed E-state index contributed by atoms with van der Waals surface area (Å²) in [5, 5.41) is 7.35. The number of carbonyl (C=O) groups excluding carboxylic acids is 1. The Morgan fingerprint density at radius 1 is 1.00 bits per heavy atom. The van der Waals surface area contributed by atoms with Crippen LogP contribution in [-0.4, -0.2) is 67.9 Å². The Bertz CT molecular complexity index is 1130. The molecule has 1 aliphatic heterocycles. The normalized spacial score (nSPS) is 14.6. The van der Waals surface area contributed by atoms with Crippen LogP contribution in [0.3, 0.4) is 0 Å². The highest BCUT2D eigenvalue weighted by Gasteiger charge is 2.09. The van der Waals surface area contributed by atoms with Crippen molar-refractivity contribution in [3.63, 3.8) is 0 Å². The monoisotopic (exact) mass is 459 g/mol. The summed E-state index contributed by atoms with van der Waals surface area (Å²) >= 11 is 0. The molecule has 0 atom stereocenters. The van der Waals surface area contributed by atoms with Gasteiger partial charge in [0.05, 0.1) is 37.3 Å². The number of aromatic nitrogens is 2. The molecule has 0 saturated carbocycles. The van der Waals surface area contributed by atoms with Crippen LogP contribution in [0, 0.1) is 0 Å². The third-order valence-corrected chi connectivity index (χ3v) is 5.56. The molecule has 0 aliphatic carbocycles. The van der Waals surface area contributed by atoms with Gasteiger partial charge >= 0.3 is 0 Å². The largest absolute Gasteiger partial charge is 0.496 e. The summed E-state index contributed by atoms with van der Waals surface area (Å²) in [5.74, 6) is 1.42. The van der Waals surface area contributed by atoms with Crippen molar-refractivity contribution in [2.75, 3.05) is 46.6 Å². The molecule has 2 aromatic carbocycles. The summed E-state index contributed by atoms with van der Waals surface area (Å²) in [6, 6.07) is 15.4. The van der Waals surface area contributed by atoms with E-state index in [0.717, 1.165) is 67.4 Å². The molecule has 1 N–H and O–H groups in total. The number of hydrogen-bond donors (Lipinski definition) is 1. The lowest BCUT2D eigenvalue weighted by molar-refractivity contribution is 0.0322. The number of nitrogens with zero attached hydrogens (tertiary/aromatic N) is 2. The molecular weight excluding hydrogens is 430 g/mol. The molecule has 176 valence electrons. The van der Waals surface area contributed by atoms with E-state index in [1.165, 1.54) is 0 Å². The van der Waals surface area contributed by atoms with E-state index in [1.807, 2.05) is 66.8 Å². The number of aldehydes is 1. The first-order valence-electron chi connectivity index (χ1n) is 11.3. The Kier molecular flexibility index (Phi) is 8.27. The number of benzene rings is 2. The highest BCUT2D eigenvalue weighted by Crippen LogP contribution is 2.20. The van der Waals surface area contributed by atoms with Gasteiger partial charge in [0.2, 0.25) is 0 Å². The summed E-state index contributed by atoms with van der Waals surface area (Å²) < 4.78 is 16.5. The number of aromatic amines is 1. The van der Waals surface area contributed by atoms with Crippen molar-refractivity contribution in [2.45, 2.75) is 0 Å². The molecule has 1 aliphatic rings. The average molecular weight is 460 g/mol. The summed E-state index contributed by atoms with van der Waals surface area (Å²) in [5.41, 5.74) is 4.24. The maximum atomic E-state index is 11.0. The quantitative estimate of drug-likeness (QED) is 0.456. The summed E-state index contributed by atoms with van der Waals surface area (Å²) in [6.45, 7) is 5.15. The number of morpholine rings is 1. The standard InChI is InChI=1S/C27H29N3O4/c1-32-27-18-22(2-7-23(27)20-31)4-9-25-19-24(28-29-25)8-3-21-5-10-26(11-6-21)34-17-14-30-12-15-33-16-13-30/h2-11,18-20H,12-17H2,1H3,(H,28,29)/b8-3+,9-4+. The number of nitrogens with one attached hydrogen (secondary N) is 1. The van der Waals surface area contributed by atoms with Crippen LogP contribution in [0.5, 0.6) is 11.5 Å². The third-order valence-electron chi connectivity index (χ3n) is 5.56. The summed E-state index contributed by atoms with van der Waals surface area (Å²) in [4.78, 5) is 13.4. The van der Waals surface area contributed by atoms with Gasteiger partial charge < -0.3 is 14.2 Å². The van der Waals surface area contributed by atoms with Gasteiger partial charge in [0.25, 0.3) is 0 Å². The highest BCUT2D eigenvalue weighted by molar-refractivity contribution is 5.81. The number of carbonyl (C=O) groups is 1. The zero-order valence-electron chi connectivity index (χ0n) is 19.3. The zero-order valence-corrected chi connectivity index (χ0v) is 19.3. The molecular formula is C27H29N3O4. The fourth-order valence-electron chi connectivity index (χ4n) is 3.61. The van der Waals surface area contributed by atoms with Gasteiger partial charge in [0, 0.05) is 19.6 Å². The Labute approximate surface area is 199 Å². The summed E-state index contributed by atoms with van der Waals surface area (Å²) in [6.07, 6.45) is 8.64. The van der Waals surface area contributed by atoms with E-state index in [4.69, 9.17) is 14.2 Å². The predicted octanol–water partition coefficient (Wildman–Crippen LogP) is 4.28. The van der Waals surface area contributed by atoms with Crippen molar-refractivity contribution in [2.24, 2.45) is 0 Å². The molecule has 1 aromatic heterocycles. The second kappa shape index (κ2) is 12.0. The molecule has 3 aromatic rings. The second-order valence-corrected chi connectivity index (χ2v) is 7.91. The van der Waals surface area contributed by atoms with Crippen LogP contribution in [0.15, 0.2) is 48.5 Å². The first-order valence-corrected chi connectivity index (χ1v) is 11.3. The van der Waals surface area contributed by atoms with Gasteiger partial charge in [-0.25, -0.2) is 0 Å². The first kappa shape index (κ1) is 23.5. The molecule has 4 rings (SSSR count). The second-order valence-electron chi connectivity index (χ2n) is 7.91. The first-order chi connectivity index (χ1) is 16.7. The number of H-pyrrole nitrogens is 1. The van der Waals surface area contributed by atoms with Crippen LogP contribution < -0.4 is 9.47 Å². The van der Waals surface area contributed by atoms with Crippen LogP contribution in [-0.2, 0) is 4.74 Å². The molecule has 1 fully saturated rings. The number of ether oxygens (including phenoxy) is 3. The average Bonchev–Trinajstić information content (AvgIpc) is 3.35. The lowest BCUT2D eigenvalue weighted by Crippen LogP contribution is -2.38.